The molecule has 3 rings (SSSR count). The van der Waals surface area contributed by atoms with Crippen LogP contribution in [0, 0.1) is 12.7 Å². The van der Waals surface area contributed by atoms with Gasteiger partial charge in [0.2, 0.25) is 0 Å². The standard InChI is InChI=1S/C18H20FN/c1-11-8-15-16(20-10-11)13-7-6-12(19)9-14(13)17(2,3)18(15,4)5/h6-10H,1-5H3/i1D3. The first kappa shape index (κ1) is 10.1. The molecule has 1 aromatic heterocycles. The highest BCUT2D eigenvalue weighted by molar-refractivity contribution is 5.74. The van der Waals surface area contributed by atoms with Crippen LogP contribution in [-0.4, -0.2) is 4.98 Å². The van der Waals surface area contributed by atoms with E-state index in [0.717, 1.165) is 22.4 Å². The molecular formula is C18H20FN. The quantitative estimate of drug-likeness (QED) is 0.673. The molecule has 1 aromatic carbocycles. The van der Waals surface area contributed by atoms with Crippen molar-refractivity contribution < 1.29 is 8.50 Å². The fraction of sp³-hybridized carbons (Fsp3) is 0.389. The van der Waals surface area contributed by atoms with Gasteiger partial charge in [-0.2, -0.15) is 0 Å². The number of rotatable bonds is 0. The SMILES string of the molecule is [2H]C([2H])([2H])c1cnc2c(c1)C(C)(C)C(C)(C)c1cc(F)ccc1-2. The first-order chi connectivity index (χ1) is 10.5. The Morgan fingerprint density at radius 3 is 2.45 bits per heavy atom. The normalized spacial score (nSPS) is 21.1. The average molecular weight is 272 g/mol. The third-order valence-electron chi connectivity index (χ3n) is 5.03. The fourth-order valence-electron chi connectivity index (χ4n) is 3.07. The summed E-state index contributed by atoms with van der Waals surface area (Å²) >= 11 is 0. The Hall–Kier alpha value is -1.70. The molecule has 1 heterocycles. The number of aryl methyl sites for hydroxylation is 1. The summed E-state index contributed by atoms with van der Waals surface area (Å²) in [7, 11) is 0. The molecule has 0 unspecified atom stereocenters. The number of halogens is 1. The molecule has 0 saturated carbocycles. The number of aromatic nitrogens is 1. The van der Waals surface area contributed by atoms with Crippen molar-refractivity contribution in [2.24, 2.45) is 0 Å². The van der Waals surface area contributed by atoms with Gasteiger partial charge in [0.15, 0.2) is 0 Å². The first-order valence-corrected chi connectivity index (χ1v) is 6.77. The summed E-state index contributed by atoms with van der Waals surface area (Å²) in [6.07, 6.45) is 1.41. The summed E-state index contributed by atoms with van der Waals surface area (Å²) in [5.74, 6) is -0.268. The van der Waals surface area contributed by atoms with Gasteiger partial charge in [-0.25, -0.2) is 4.39 Å². The maximum atomic E-state index is 13.8. The molecule has 2 aromatic rings. The second-order valence-corrected chi connectivity index (χ2v) is 6.56. The monoisotopic (exact) mass is 272 g/mol. The van der Waals surface area contributed by atoms with Gasteiger partial charge < -0.3 is 0 Å². The number of nitrogens with zero attached hydrogens (tertiary/aromatic N) is 1. The molecule has 0 N–H and O–H groups in total. The van der Waals surface area contributed by atoms with Crippen LogP contribution >= 0.6 is 0 Å². The van der Waals surface area contributed by atoms with Gasteiger partial charge in [0.1, 0.15) is 5.82 Å². The lowest BCUT2D eigenvalue weighted by Gasteiger charge is -2.47. The maximum Gasteiger partial charge on any atom is 0.123 e. The van der Waals surface area contributed by atoms with Crippen molar-refractivity contribution in [2.75, 3.05) is 0 Å². The van der Waals surface area contributed by atoms with E-state index < -0.39 is 6.85 Å². The second-order valence-electron chi connectivity index (χ2n) is 6.56. The summed E-state index contributed by atoms with van der Waals surface area (Å²) in [6.45, 7) is 6.06. The van der Waals surface area contributed by atoms with Crippen molar-refractivity contribution in [2.45, 2.75) is 45.4 Å². The van der Waals surface area contributed by atoms with E-state index in [1.165, 1.54) is 12.3 Å². The van der Waals surface area contributed by atoms with E-state index in [1.54, 1.807) is 18.2 Å². The lowest BCUT2D eigenvalue weighted by molar-refractivity contribution is 0.297. The molecule has 0 fully saturated rings. The second kappa shape index (κ2) is 3.91. The Morgan fingerprint density at radius 1 is 1.05 bits per heavy atom. The zero-order valence-electron chi connectivity index (χ0n) is 15.2. The Kier molecular flexibility index (Phi) is 1.97. The van der Waals surface area contributed by atoms with E-state index in [9.17, 15) is 4.39 Å². The lowest BCUT2D eigenvalue weighted by atomic mass is 9.56. The van der Waals surface area contributed by atoms with E-state index in [1.807, 2.05) is 0 Å². The molecule has 0 atom stereocenters. The van der Waals surface area contributed by atoms with Crippen LogP contribution in [0.5, 0.6) is 0 Å². The highest BCUT2D eigenvalue weighted by Crippen LogP contribution is 2.53. The van der Waals surface area contributed by atoms with Crippen LogP contribution in [0.1, 0.15) is 48.5 Å². The lowest BCUT2D eigenvalue weighted by Crippen LogP contribution is -2.43. The van der Waals surface area contributed by atoms with Gasteiger partial charge in [0, 0.05) is 21.3 Å². The van der Waals surface area contributed by atoms with Crippen LogP contribution in [0.2, 0.25) is 0 Å². The van der Waals surface area contributed by atoms with Gasteiger partial charge >= 0.3 is 0 Å². The van der Waals surface area contributed by atoms with Gasteiger partial charge in [0.05, 0.1) is 5.69 Å². The summed E-state index contributed by atoms with van der Waals surface area (Å²) in [4.78, 5) is 4.44. The van der Waals surface area contributed by atoms with Crippen LogP contribution in [0.3, 0.4) is 0 Å². The molecule has 20 heavy (non-hydrogen) atoms. The molecule has 1 aliphatic rings. The first-order valence-electron chi connectivity index (χ1n) is 8.27. The summed E-state index contributed by atoms with van der Waals surface area (Å²) in [5.41, 5.74) is 2.94. The Bertz CT molecular complexity index is 791. The van der Waals surface area contributed by atoms with Gasteiger partial charge in [-0.15, -0.1) is 0 Å². The molecule has 1 aliphatic carbocycles. The van der Waals surface area contributed by atoms with Crippen molar-refractivity contribution in [3.8, 4) is 11.3 Å². The highest BCUT2D eigenvalue weighted by atomic mass is 19.1. The largest absolute Gasteiger partial charge is 0.256 e. The predicted molar refractivity (Wildman–Crippen MR) is 80.4 cm³/mol. The maximum absolute atomic E-state index is 13.8. The molecule has 2 heteroatoms. The van der Waals surface area contributed by atoms with Gasteiger partial charge in [-0.05, 0) is 47.2 Å². The number of hydrogen-bond acceptors (Lipinski definition) is 1. The number of benzene rings is 1. The van der Waals surface area contributed by atoms with E-state index in [0.29, 0.717) is 0 Å². The number of pyridine rings is 1. The molecule has 104 valence electrons. The van der Waals surface area contributed by atoms with E-state index in [2.05, 4.69) is 32.7 Å². The van der Waals surface area contributed by atoms with Crippen molar-refractivity contribution in [3.63, 3.8) is 0 Å². The summed E-state index contributed by atoms with van der Waals surface area (Å²) in [5, 5.41) is 0. The smallest absolute Gasteiger partial charge is 0.123 e. The van der Waals surface area contributed by atoms with Crippen LogP contribution in [-0.2, 0) is 10.8 Å². The average Bonchev–Trinajstić information content (AvgIpc) is 2.44. The van der Waals surface area contributed by atoms with Crippen molar-refractivity contribution in [1.29, 1.82) is 0 Å². The van der Waals surface area contributed by atoms with E-state index in [-0.39, 0.29) is 22.2 Å². The van der Waals surface area contributed by atoms with Crippen molar-refractivity contribution in [1.82, 2.24) is 4.98 Å². The zero-order chi connectivity index (χ0) is 17.2. The minimum Gasteiger partial charge on any atom is -0.256 e. The van der Waals surface area contributed by atoms with Crippen LogP contribution in [0.25, 0.3) is 11.3 Å². The molecule has 1 nitrogen and oxygen atoms in total. The molecule has 0 radical (unpaired) electrons. The van der Waals surface area contributed by atoms with Gasteiger partial charge in [0.25, 0.3) is 0 Å². The van der Waals surface area contributed by atoms with Crippen molar-refractivity contribution in [3.05, 3.63) is 53.0 Å². The third kappa shape index (κ3) is 1.57. The van der Waals surface area contributed by atoms with Crippen LogP contribution in [0.4, 0.5) is 4.39 Å². The van der Waals surface area contributed by atoms with E-state index in [4.69, 9.17) is 4.11 Å². The zero-order valence-corrected chi connectivity index (χ0v) is 12.2. The Balaban J connectivity index is 2.37. The minimum absolute atomic E-state index is 0.241. The topological polar surface area (TPSA) is 12.9 Å². The molecule has 0 bridgehead atoms. The molecule has 0 amide bonds. The van der Waals surface area contributed by atoms with Crippen LogP contribution in [0.15, 0.2) is 30.5 Å². The number of fused-ring (bicyclic) bond motifs is 3. The van der Waals surface area contributed by atoms with Crippen LogP contribution < -0.4 is 0 Å². The summed E-state index contributed by atoms with van der Waals surface area (Å²) < 4.78 is 36.7. The highest BCUT2D eigenvalue weighted by Gasteiger charge is 2.46. The third-order valence-corrected chi connectivity index (χ3v) is 5.03. The number of hydrogen-bond donors (Lipinski definition) is 0. The Morgan fingerprint density at radius 2 is 1.75 bits per heavy atom. The van der Waals surface area contributed by atoms with Gasteiger partial charge in [-0.1, -0.05) is 33.8 Å². The molecule has 0 aliphatic heterocycles. The van der Waals surface area contributed by atoms with E-state index >= 15 is 0 Å². The molecule has 0 saturated heterocycles. The summed E-state index contributed by atoms with van der Waals surface area (Å²) in [6, 6.07) is 6.47. The fourth-order valence-corrected chi connectivity index (χ4v) is 3.07. The molecule has 0 spiro atoms. The van der Waals surface area contributed by atoms with Crippen molar-refractivity contribution >= 4 is 0 Å². The predicted octanol–water partition coefficient (Wildman–Crippen LogP) is 4.76. The minimum atomic E-state index is -2.19. The Labute approximate surface area is 124 Å². The van der Waals surface area contributed by atoms with Gasteiger partial charge in [-0.3, -0.25) is 4.98 Å². The molecular weight excluding hydrogens is 249 g/mol.